The normalized spacial score (nSPS) is 16.9. The van der Waals surface area contributed by atoms with Gasteiger partial charge in [-0.15, -0.1) is 22.7 Å². The number of carbonyl (C=O) groups is 13. The average Bonchev–Trinajstić information content (AvgIpc) is 1.44. The van der Waals surface area contributed by atoms with Crippen molar-refractivity contribution in [3.05, 3.63) is 235 Å². The molecule has 10 fully saturated rings. The first-order valence-corrected chi connectivity index (χ1v) is 51.9. The Morgan fingerprint density at radius 3 is 0.916 bits per heavy atom. The number of aromatic nitrogens is 2. The summed E-state index contributed by atoms with van der Waals surface area (Å²) in [6.07, 6.45) is 2.29. The summed E-state index contributed by atoms with van der Waals surface area (Å²) in [4.78, 5) is 176. The Morgan fingerprint density at radius 2 is 0.636 bits per heavy atom. The van der Waals surface area contributed by atoms with Crippen molar-refractivity contribution in [1.82, 2.24) is 79.8 Å². The number of nitrogens with one attached hydrogen (secondary N) is 3. The van der Waals surface area contributed by atoms with Crippen molar-refractivity contribution in [1.29, 1.82) is 0 Å². The molecule has 8 aromatic rings. The van der Waals surface area contributed by atoms with Gasteiger partial charge >= 0.3 is 37.3 Å². The highest BCUT2D eigenvalue weighted by molar-refractivity contribution is 9.11. The van der Waals surface area contributed by atoms with Gasteiger partial charge in [0.1, 0.15) is 22.6 Å². The molecular weight excluding hydrogens is 2210 g/mol. The first kappa shape index (κ1) is 116. The second-order valence-electron chi connectivity index (χ2n) is 36.9. The Morgan fingerprint density at radius 1 is 0.350 bits per heavy atom. The number of ketones is 3. The lowest BCUT2D eigenvalue weighted by molar-refractivity contribution is -0.128. The summed E-state index contributed by atoms with van der Waals surface area (Å²) in [6.45, 7) is 37.2. The van der Waals surface area contributed by atoms with E-state index in [0.29, 0.717) is 71.7 Å². The average molecular weight is 2340 g/mol. The van der Waals surface area contributed by atoms with Crippen molar-refractivity contribution < 1.29 is 101 Å². The molecule has 0 radical (unpaired) electrons. The molecule has 12 heterocycles. The number of Topliss-reactive ketones (excluding diaryl/α,β-unsaturated/α-hetero) is 3. The smallest absolute Gasteiger partial charge is 0.478 e. The van der Waals surface area contributed by atoms with Gasteiger partial charge in [0.2, 0.25) is 5.01 Å². The quantitative estimate of drug-likeness (QED) is 0.0467. The van der Waals surface area contributed by atoms with Gasteiger partial charge in [0.25, 0.3) is 29.5 Å². The fourth-order valence-corrected chi connectivity index (χ4v) is 16.8. The van der Waals surface area contributed by atoms with Gasteiger partial charge < -0.3 is 84.7 Å². The van der Waals surface area contributed by atoms with Gasteiger partial charge in [-0.1, -0.05) is 91.8 Å². The van der Waals surface area contributed by atoms with Crippen LogP contribution in [0.3, 0.4) is 0 Å². The summed E-state index contributed by atoms with van der Waals surface area (Å²) >= 11 is 19.2. The molecule has 10 aliphatic heterocycles. The number of nitrogens with zero attached hydrogens (tertiary/aromatic N) is 13. The van der Waals surface area contributed by atoms with Crippen LogP contribution in [0.15, 0.2) is 191 Å². The second kappa shape index (κ2) is 56.5. The monoisotopic (exact) mass is 2330 g/mol. The Hall–Kier alpha value is -10.2. The van der Waals surface area contributed by atoms with Gasteiger partial charge in [0.05, 0.1) is 44.8 Å². The topological polar surface area (TPSA) is 428 Å². The molecule has 18 rings (SSSR count). The molecule has 8 amide bonds. The predicted molar refractivity (Wildman–Crippen MR) is 558 cm³/mol. The molecule has 36 nitrogen and oxygen atoms in total. The number of hydrogen-bond acceptors (Lipinski definition) is 28. The fourth-order valence-electron chi connectivity index (χ4n) is 14.4. The third kappa shape index (κ3) is 39.6. The van der Waals surface area contributed by atoms with Crippen molar-refractivity contribution in [3.8, 4) is 0 Å². The highest BCUT2D eigenvalue weighted by atomic mass is 79.9. The molecule has 143 heavy (non-hydrogen) atoms. The van der Waals surface area contributed by atoms with E-state index in [-0.39, 0.29) is 95.9 Å². The summed E-state index contributed by atoms with van der Waals surface area (Å²) in [5.74, 6) is -1.43. The van der Waals surface area contributed by atoms with E-state index in [2.05, 4.69) is 120 Å². The van der Waals surface area contributed by atoms with Gasteiger partial charge in [-0.25, -0.2) is 38.3 Å². The number of carboxylic acids is 2. The molecule has 10 saturated heterocycles. The van der Waals surface area contributed by atoms with Crippen molar-refractivity contribution in [3.63, 3.8) is 0 Å². The second-order valence-corrected chi connectivity index (χ2v) is 43.3. The first-order valence-electron chi connectivity index (χ1n) is 46.2. The van der Waals surface area contributed by atoms with Crippen LogP contribution in [0.25, 0.3) is 0 Å². The van der Waals surface area contributed by atoms with Crippen molar-refractivity contribution in [2.24, 2.45) is 0 Å². The zero-order chi connectivity index (χ0) is 104. The molecule has 45 heteroatoms. The van der Waals surface area contributed by atoms with Crippen molar-refractivity contribution in [2.75, 3.05) is 183 Å². The highest BCUT2D eigenvalue weighted by Crippen LogP contribution is 2.27. The van der Waals surface area contributed by atoms with Crippen LogP contribution in [-0.4, -0.2) is 387 Å². The minimum absolute atomic E-state index is 0.0281. The molecule has 770 valence electrons. The summed E-state index contributed by atoms with van der Waals surface area (Å²) in [5, 5.41) is 47.3. The lowest BCUT2D eigenvalue weighted by Gasteiger charge is -2.48. The van der Waals surface area contributed by atoms with Crippen molar-refractivity contribution in [2.45, 2.75) is 97.2 Å². The van der Waals surface area contributed by atoms with Crippen LogP contribution >= 0.6 is 102 Å². The van der Waals surface area contributed by atoms with E-state index in [9.17, 15) is 66.7 Å². The molecule has 0 bridgehead atoms. The zero-order valence-corrected chi connectivity index (χ0v) is 90.6. The molecule has 10 aliphatic rings. The van der Waals surface area contributed by atoms with Gasteiger partial charge in [-0.3, -0.25) is 58.0 Å². The Labute approximate surface area is 881 Å². The minimum atomic E-state index is -1.51. The van der Waals surface area contributed by atoms with Crippen LogP contribution < -0.4 is 21.4 Å². The van der Waals surface area contributed by atoms with Gasteiger partial charge in [0, 0.05) is 230 Å². The largest absolute Gasteiger partial charge is 0.488 e. The summed E-state index contributed by atoms with van der Waals surface area (Å²) in [7, 11) is -1.51. The molecule has 0 atom stereocenters. The number of thiazole rings is 2. The maximum Gasteiger partial charge on any atom is 0.488 e. The number of aromatic carboxylic acids is 2. The number of amides is 8. The molecule has 7 N–H and O–H groups in total. The number of ether oxygens (including phenoxy) is 3. The number of piperazine rings is 4. The Bertz CT molecular complexity index is 5480. The standard InChI is InChI=1S/C19H26BrN3O3.C18H19BrN4O2S.C14H18BrN3O.C10H8BrNO2.C9H18N2O2.C8H13NO3.C7H5BrO2.C6H6BFO2.C4H3NO2S.C3H5NO/c1-19(2,3)26-18(25)22-10-8-21(9-11-22)16-12-23(13-16)17(24)14-4-6-15(20)7-5-14;19-14-3-1-13(2-4-14)17(24)23-11-15(12-23)21-6-8-22(9-7-21)18(25)16-20-5-10-26-16;15-12-3-1-11(2-4-12)14(19)18-9-13(10-18)17-7-5-16-6-8-17;11-8-3-1-7(2-4-8)10(14)12-5-9(13)6-12;1-9(2,3)13-8(12)11-6-4-10-5-7-11;1-8(2,3)12-7(11)9-4-6(10)5-9;2*8-6-3-1-5(2-4-6)7(9)10;6-4(7)3-5-1-2-8-3;5-3-1-4-2-3/h4-7,16H,8-13H2,1-3H3;1-5,10,15H,6-9,11-12H2;1-4,13,16H,5-10H2;1-4H,5-6H2;10H,4-7H2,1-3H3;4-5H2,1-3H3;1-4H,(H,9,10);1-4,9-10H;1-2H,(H,6,7);4H,1-2H2. The van der Waals surface area contributed by atoms with E-state index < -0.39 is 36.4 Å². The fraction of sp³-hybridized carbons (Fsp3) is 0.439. The summed E-state index contributed by atoms with van der Waals surface area (Å²) in [5.41, 5.74) is 2.13. The molecule has 0 aliphatic carbocycles. The number of likely N-dealkylation sites (tertiary alicyclic amines) is 5. The van der Waals surface area contributed by atoms with Crippen LogP contribution in [0.2, 0.25) is 0 Å². The Balaban J connectivity index is 0.000000183. The number of benzene rings is 6. The van der Waals surface area contributed by atoms with E-state index >= 15 is 0 Å². The molecule has 0 unspecified atom stereocenters. The number of rotatable bonds is 11. The summed E-state index contributed by atoms with van der Waals surface area (Å²) < 4.78 is 32.7. The van der Waals surface area contributed by atoms with Gasteiger partial charge in [-0.2, -0.15) is 0 Å². The van der Waals surface area contributed by atoms with E-state index in [1.54, 1.807) is 78.5 Å². The van der Waals surface area contributed by atoms with E-state index in [4.69, 9.17) is 34.5 Å². The van der Waals surface area contributed by atoms with Crippen LogP contribution in [0.5, 0.6) is 0 Å². The van der Waals surface area contributed by atoms with E-state index in [1.165, 1.54) is 51.6 Å². The van der Waals surface area contributed by atoms with Crippen LogP contribution in [0.1, 0.15) is 134 Å². The Kier molecular flexibility index (Phi) is 45.9. The zero-order valence-electron chi connectivity index (χ0n) is 81.0. The maximum absolute atomic E-state index is 12.5. The van der Waals surface area contributed by atoms with Crippen LogP contribution in [-0.2, 0) is 28.6 Å². The SMILES string of the molecule is CC(C)(C)OC(=O)N1CC(=O)C1.CC(C)(C)OC(=O)N1CCN(C2CN(C(=O)c3ccc(Br)cc3)C2)CC1.CC(C)(C)OC(=O)N1CCNCC1.O=C(O)c1ccc(Br)cc1.O=C(O)c1nccs1.O=C(c1ccc(Br)cc1)N1CC(N2CCN(C(=O)c3nccs3)CC2)C1.O=C(c1ccc(Br)cc1)N1CC(N2CCNCC2)C1.O=C1CN(C(=O)c2ccc(Br)cc2)C1.O=C1CNC1.OB(O)c1ccc(F)cc1. The maximum atomic E-state index is 12.5. The van der Waals surface area contributed by atoms with Gasteiger partial charge in [0.15, 0.2) is 22.4 Å². The number of hydrogen-bond donors (Lipinski definition) is 7. The third-order valence-electron chi connectivity index (χ3n) is 22.4. The number of carboxylic acid groups (broad SMARTS) is 2. The lowest BCUT2D eigenvalue weighted by Crippen LogP contribution is -2.64. The first-order chi connectivity index (χ1) is 67.7. The molecule has 0 spiro atoms. The summed E-state index contributed by atoms with van der Waals surface area (Å²) in [6, 6.07) is 42.5. The minimum Gasteiger partial charge on any atom is -0.478 e. The van der Waals surface area contributed by atoms with E-state index in [0.717, 1.165) is 181 Å². The van der Waals surface area contributed by atoms with Crippen molar-refractivity contribution >= 4 is 192 Å². The molecular formula is C98H121BBr5FN16O20S2. The van der Waals surface area contributed by atoms with E-state index in [1.807, 2.05) is 151 Å². The van der Waals surface area contributed by atoms with Gasteiger partial charge in [-0.05, 0) is 201 Å². The van der Waals surface area contributed by atoms with Crippen LogP contribution in [0, 0.1) is 5.82 Å². The predicted octanol–water partition coefficient (Wildman–Crippen LogP) is 11.0. The highest BCUT2D eigenvalue weighted by Gasteiger charge is 2.41. The lowest BCUT2D eigenvalue weighted by atomic mass is 9.80. The molecule has 2 aromatic heterocycles. The number of halogens is 6. The third-order valence-corrected chi connectivity index (χ3v) is 26.6. The molecule has 6 aromatic carbocycles. The van der Waals surface area contributed by atoms with Crippen LogP contribution in [0.4, 0.5) is 18.8 Å². The molecule has 0 saturated carbocycles. The number of carbonyl (C=O) groups excluding carboxylic acids is 11.